The van der Waals surface area contributed by atoms with Gasteiger partial charge in [0.25, 0.3) is 0 Å². The molecule has 2 aromatic rings. The first-order valence-electron chi connectivity index (χ1n) is 5.93. The third-order valence-electron chi connectivity index (χ3n) is 2.92. The molecule has 2 rings (SSSR count). The van der Waals surface area contributed by atoms with Crippen LogP contribution in [0.4, 0.5) is 10.2 Å². The number of aromatic nitrogens is 1. The molecule has 0 radical (unpaired) electrons. The van der Waals surface area contributed by atoms with Crippen LogP contribution in [0.3, 0.4) is 0 Å². The number of hydrogen-bond donors (Lipinski definition) is 0. The van der Waals surface area contributed by atoms with Crippen LogP contribution in [0.1, 0.15) is 16.7 Å². The predicted molar refractivity (Wildman–Crippen MR) is 72.2 cm³/mol. The molecule has 0 spiro atoms. The van der Waals surface area contributed by atoms with Crippen molar-refractivity contribution in [3.05, 3.63) is 59.0 Å². The van der Waals surface area contributed by atoms with E-state index in [-0.39, 0.29) is 5.82 Å². The van der Waals surface area contributed by atoms with E-state index in [4.69, 9.17) is 5.26 Å². The van der Waals surface area contributed by atoms with Crippen LogP contribution in [0.25, 0.3) is 0 Å². The largest absolute Gasteiger partial charge is 0.354 e. The number of rotatable bonds is 3. The summed E-state index contributed by atoms with van der Waals surface area (Å²) in [5.74, 6) is 0.387. The van der Waals surface area contributed by atoms with Gasteiger partial charge in [-0.2, -0.15) is 5.26 Å². The third kappa shape index (κ3) is 2.89. The lowest BCUT2D eigenvalue weighted by atomic mass is 10.1. The Morgan fingerprint density at radius 3 is 2.84 bits per heavy atom. The summed E-state index contributed by atoms with van der Waals surface area (Å²) in [5, 5.41) is 9.04. The molecular formula is C15H14FN3. The molecule has 0 saturated heterocycles. The Bertz CT molecular complexity index is 632. The minimum absolute atomic E-state index is 0.215. The third-order valence-corrected chi connectivity index (χ3v) is 2.92. The molecule has 0 fully saturated rings. The number of pyridine rings is 1. The molecule has 0 aliphatic carbocycles. The maximum atomic E-state index is 13.5. The van der Waals surface area contributed by atoms with Crippen LogP contribution >= 0.6 is 0 Å². The number of aryl methyl sites for hydroxylation is 1. The molecule has 0 aliphatic rings. The molecule has 0 N–H and O–H groups in total. The second kappa shape index (κ2) is 5.49. The van der Waals surface area contributed by atoms with Gasteiger partial charge in [0.15, 0.2) is 0 Å². The normalized spacial score (nSPS) is 10.0. The van der Waals surface area contributed by atoms with Gasteiger partial charge in [-0.15, -0.1) is 0 Å². The maximum Gasteiger partial charge on any atom is 0.146 e. The summed E-state index contributed by atoms with van der Waals surface area (Å²) in [7, 11) is 1.83. The summed E-state index contributed by atoms with van der Waals surface area (Å²) in [6, 6.07) is 10.7. The smallest absolute Gasteiger partial charge is 0.146 e. The highest BCUT2D eigenvalue weighted by Crippen LogP contribution is 2.18. The van der Waals surface area contributed by atoms with E-state index >= 15 is 0 Å². The SMILES string of the molecule is Cc1ccc(CN(C)c2ncccc2C#N)cc1F. The van der Waals surface area contributed by atoms with E-state index in [1.54, 1.807) is 31.3 Å². The zero-order valence-corrected chi connectivity index (χ0v) is 10.9. The predicted octanol–water partition coefficient (Wildman–Crippen LogP) is 3.04. The average Bonchev–Trinajstić information content (AvgIpc) is 2.43. The van der Waals surface area contributed by atoms with Gasteiger partial charge >= 0.3 is 0 Å². The fourth-order valence-electron chi connectivity index (χ4n) is 1.87. The van der Waals surface area contributed by atoms with Crippen molar-refractivity contribution in [3.63, 3.8) is 0 Å². The Morgan fingerprint density at radius 2 is 2.16 bits per heavy atom. The minimum atomic E-state index is -0.215. The molecule has 96 valence electrons. The highest BCUT2D eigenvalue weighted by atomic mass is 19.1. The first-order chi connectivity index (χ1) is 9.11. The van der Waals surface area contributed by atoms with Gasteiger partial charge in [-0.1, -0.05) is 12.1 Å². The second-order valence-electron chi connectivity index (χ2n) is 4.43. The molecule has 1 aromatic carbocycles. The molecular weight excluding hydrogens is 241 g/mol. The number of benzene rings is 1. The first kappa shape index (κ1) is 13.0. The summed E-state index contributed by atoms with van der Waals surface area (Å²) in [6.45, 7) is 2.23. The van der Waals surface area contributed by atoms with Gasteiger partial charge in [0.2, 0.25) is 0 Å². The molecule has 19 heavy (non-hydrogen) atoms. The van der Waals surface area contributed by atoms with Crippen molar-refractivity contribution in [2.24, 2.45) is 0 Å². The van der Waals surface area contributed by atoms with Crippen LogP contribution < -0.4 is 4.90 Å². The van der Waals surface area contributed by atoms with Gasteiger partial charge in [0, 0.05) is 19.8 Å². The molecule has 0 unspecified atom stereocenters. The standard InChI is InChI=1S/C15H14FN3/c1-11-5-6-12(8-14(11)16)10-19(2)15-13(9-17)4-3-7-18-15/h3-8H,10H2,1-2H3. The quantitative estimate of drug-likeness (QED) is 0.846. The molecule has 0 saturated carbocycles. The lowest BCUT2D eigenvalue weighted by molar-refractivity contribution is 0.615. The van der Waals surface area contributed by atoms with Crippen molar-refractivity contribution in [2.75, 3.05) is 11.9 Å². The van der Waals surface area contributed by atoms with Gasteiger partial charge in [-0.3, -0.25) is 0 Å². The number of anilines is 1. The van der Waals surface area contributed by atoms with Gasteiger partial charge in [-0.05, 0) is 36.2 Å². The van der Waals surface area contributed by atoms with Crippen LogP contribution in [0.2, 0.25) is 0 Å². The van der Waals surface area contributed by atoms with E-state index < -0.39 is 0 Å². The van der Waals surface area contributed by atoms with E-state index in [0.29, 0.717) is 23.5 Å². The van der Waals surface area contributed by atoms with Crippen molar-refractivity contribution in [1.29, 1.82) is 5.26 Å². The number of nitriles is 1. The highest BCUT2D eigenvalue weighted by Gasteiger charge is 2.09. The van der Waals surface area contributed by atoms with Gasteiger partial charge in [-0.25, -0.2) is 9.37 Å². The monoisotopic (exact) mass is 255 g/mol. The maximum absolute atomic E-state index is 13.5. The molecule has 0 bridgehead atoms. The molecule has 0 amide bonds. The summed E-state index contributed by atoms with van der Waals surface area (Å²) in [4.78, 5) is 6.03. The average molecular weight is 255 g/mol. The topological polar surface area (TPSA) is 39.9 Å². The minimum Gasteiger partial charge on any atom is -0.354 e. The summed E-state index contributed by atoms with van der Waals surface area (Å²) < 4.78 is 13.5. The Kier molecular flexibility index (Phi) is 3.76. The van der Waals surface area contributed by atoms with Crippen molar-refractivity contribution < 1.29 is 4.39 Å². The molecule has 1 aromatic heterocycles. The molecule has 0 atom stereocenters. The van der Waals surface area contributed by atoms with Gasteiger partial charge < -0.3 is 4.90 Å². The van der Waals surface area contributed by atoms with Gasteiger partial charge in [0.05, 0.1) is 5.56 Å². The van der Waals surface area contributed by atoms with Crippen molar-refractivity contribution in [3.8, 4) is 6.07 Å². The Labute approximate surface area is 111 Å². The van der Waals surface area contributed by atoms with Crippen LogP contribution in [-0.4, -0.2) is 12.0 Å². The lowest BCUT2D eigenvalue weighted by Crippen LogP contribution is -2.19. The fraction of sp³-hybridized carbons (Fsp3) is 0.200. The lowest BCUT2D eigenvalue weighted by Gasteiger charge is -2.19. The summed E-state index contributed by atoms with van der Waals surface area (Å²) >= 11 is 0. The molecule has 1 heterocycles. The van der Waals surface area contributed by atoms with Crippen LogP contribution in [0.5, 0.6) is 0 Å². The summed E-state index contributed by atoms with van der Waals surface area (Å²) in [6.07, 6.45) is 1.64. The molecule has 4 heteroatoms. The zero-order valence-electron chi connectivity index (χ0n) is 10.9. The summed E-state index contributed by atoms with van der Waals surface area (Å²) in [5.41, 5.74) is 1.99. The van der Waals surface area contributed by atoms with Crippen LogP contribution in [0, 0.1) is 24.1 Å². The zero-order chi connectivity index (χ0) is 13.8. The fourth-order valence-corrected chi connectivity index (χ4v) is 1.87. The van der Waals surface area contributed by atoms with E-state index in [9.17, 15) is 4.39 Å². The van der Waals surface area contributed by atoms with Crippen molar-refractivity contribution in [2.45, 2.75) is 13.5 Å². The Hall–Kier alpha value is -2.41. The van der Waals surface area contributed by atoms with Crippen molar-refractivity contribution >= 4 is 5.82 Å². The Balaban J connectivity index is 2.23. The first-order valence-corrected chi connectivity index (χ1v) is 5.93. The number of halogens is 1. The molecule has 3 nitrogen and oxygen atoms in total. The van der Waals surface area contributed by atoms with E-state index in [0.717, 1.165) is 5.56 Å². The van der Waals surface area contributed by atoms with E-state index in [2.05, 4.69) is 11.1 Å². The second-order valence-corrected chi connectivity index (χ2v) is 4.43. The highest BCUT2D eigenvalue weighted by molar-refractivity contribution is 5.53. The van der Waals surface area contributed by atoms with Gasteiger partial charge in [0.1, 0.15) is 17.7 Å². The Morgan fingerprint density at radius 1 is 1.37 bits per heavy atom. The van der Waals surface area contributed by atoms with E-state index in [1.807, 2.05) is 18.0 Å². The van der Waals surface area contributed by atoms with Crippen LogP contribution in [0.15, 0.2) is 36.5 Å². The number of nitrogens with zero attached hydrogens (tertiary/aromatic N) is 3. The molecule has 0 aliphatic heterocycles. The van der Waals surface area contributed by atoms with Crippen molar-refractivity contribution in [1.82, 2.24) is 4.98 Å². The van der Waals surface area contributed by atoms with E-state index in [1.165, 1.54) is 6.07 Å². The van der Waals surface area contributed by atoms with Crippen LogP contribution in [-0.2, 0) is 6.54 Å². The number of hydrogen-bond acceptors (Lipinski definition) is 3.